The Morgan fingerprint density at radius 2 is 1.60 bits per heavy atom. The quantitative estimate of drug-likeness (QED) is 0.480. The number of hydrogen-bond acceptors (Lipinski definition) is 7. The molecule has 0 atom stereocenters. The van der Waals surface area contributed by atoms with E-state index in [1.165, 1.54) is 29.2 Å². The zero-order chi connectivity index (χ0) is 25.5. The molecule has 3 aromatic rings. The van der Waals surface area contributed by atoms with Crippen LogP contribution in [0.1, 0.15) is 39.2 Å². The number of carbonyl (C=O) groups excluding carboxylic acids is 3. The Balaban J connectivity index is 1.54. The first-order valence-corrected chi connectivity index (χ1v) is 11.2. The van der Waals surface area contributed by atoms with Crippen molar-refractivity contribution in [3.63, 3.8) is 0 Å². The molecule has 1 heterocycles. The van der Waals surface area contributed by atoms with E-state index >= 15 is 0 Å². The molecule has 3 aromatic carbocycles. The van der Waals surface area contributed by atoms with Gasteiger partial charge in [0.1, 0.15) is 23.6 Å². The van der Waals surface area contributed by atoms with E-state index in [0.717, 1.165) is 0 Å². The van der Waals surface area contributed by atoms with Crippen molar-refractivity contribution in [2.75, 3.05) is 11.4 Å². The van der Waals surface area contributed by atoms with Gasteiger partial charge in [0.2, 0.25) is 11.8 Å². The van der Waals surface area contributed by atoms with E-state index in [1.54, 1.807) is 32.9 Å². The first-order chi connectivity index (χ1) is 16.4. The van der Waals surface area contributed by atoms with Crippen molar-refractivity contribution in [3.05, 3.63) is 52.2 Å². The molecular weight excluding hydrogens is 452 g/mol. The van der Waals surface area contributed by atoms with Gasteiger partial charge in [0.15, 0.2) is 5.43 Å². The minimum Gasteiger partial charge on any atom is -0.508 e. The number of nitrogens with zero attached hydrogens (tertiary/aromatic N) is 1. The van der Waals surface area contributed by atoms with Gasteiger partial charge in [-0.2, -0.15) is 0 Å². The summed E-state index contributed by atoms with van der Waals surface area (Å²) in [6.07, 6.45) is -0.352. The van der Waals surface area contributed by atoms with Crippen LogP contribution in [0, 0.1) is 0 Å². The third-order valence-corrected chi connectivity index (χ3v) is 5.59. The average molecular weight is 479 g/mol. The molecule has 0 saturated heterocycles. The Labute approximate surface area is 201 Å². The maximum atomic E-state index is 13.3. The van der Waals surface area contributed by atoms with Crippen molar-refractivity contribution in [3.8, 4) is 33.8 Å². The van der Waals surface area contributed by atoms with Crippen LogP contribution in [-0.2, 0) is 25.7 Å². The van der Waals surface area contributed by atoms with Crippen molar-refractivity contribution in [2.45, 2.75) is 45.8 Å². The first-order valence-electron chi connectivity index (χ1n) is 11.2. The van der Waals surface area contributed by atoms with E-state index in [1.807, 2.05) is 0 Å². The second-order valence-corrected chi connectivity index (χ2v) is 9.47. The molecule has 2 amide bonds. The molecule has 9 nitrogen and oxygen atoms in total. The lowest BCUT2D eigenvalue weighted by Gasteiger charge is -2.27. The SMILES string of the molecule is CC(C)(C)OC(=O)CNC(=O)CCC(=O)N1Cc2cc(O)ccc2-c2c(c2=O)-c2ccc(O)cc21. The van der Waals surface area contributed by atoms with E-state index in [4.69, 9.17) is 4.74 Å². The van der Waals surface area contributed by atoms with Crippen molar-refractivity contribution < 1.29 is 29.3 Å². The summed E-state index contributed by atoms with van der Waals surface area (Å²) in [5.41, 5.74) is 2.22. The highest BCUT2D eigenvalue weighted by Crippen LogP contribution is 2.45. The monoisotopic (exact) mass is 478 g/mol. The van der Waals surface area contributed by atoms with Gasteiger partial charge >= 0.3 is 5.97 Å². The molecule has 0 aromatic heterocycles. The lowest BCUT2D eigenvalue weighted by molar-refractivity contribution is -0.154. The number of fused-ring (bicyclic) bond motifs is 5. The summed E-state index contributed by atoms with van der Waals surface area (Å²) < 4.78 is 5.15. The molecule has 3 N–H and O–H groups in total. The number of ether oxygens (including phenoxy) is 1. The van der Waals surface area contributed by atoms with Gasteiger partial charge in [-0.05, 0) is 56.2 Å². The number of anilines is 1. The predicted octanol–water partition coefficient (Wildman–Crippen LogP) is 2.75. The molecule has 9 heteroatoms. The normalized spacial score (nSPS) is 12.7. The van der Waals surface area contributed by atoms with Crippen LogP contribution in [0.4, 0.5) is 5.69 Å². The predicted molar refractivity (Wildman–Crippen MR) is 129 cm³/mol. The molecule has 0 spiro atoms. The second-order valence-electron chi connectivity index (χ2n) is 9.47. The van der Waals surface area contributed by atoms with Crippen LogP contribution >= 0.6 is 0 Å². The van der Waals surface area contributed by atoms with Gasteiger partial charge in [-0.15, -0.1) is 0 Å². The molecule has 1 aliphatic rings. The summed E-state index contributed by atoms with van der Waals surface area (Å²) in [5.74, 6) is -1.59. The van der Waals surface area contributed by atoms with Crippen LogP contribution < -0.4 is 15.6 Å². The van der Waals surface area contributed by atoms with Crippen molar-refractivity contribution >= 4 is 23.5 Å². The van der Waals surface area contributed by atoms with Crippen LogP contribution in [0.2, 0.25) is 0 Å². The van der Waals surface area contributed by atoms with Crippen LogP contribution in [-0.4, -0.2) is 40.1 Å². The summed E-state index contributed by atoms with van der Waals surface area (Å²) >= 11 is 0. The number of phenolic OH excluding ortho intramolecular Hbond substituents is 2. The third-order valence-electron chi connectivity index (χ3n) is 5.59. The topological polar surface area (TPSA) is 133 Å². The third kappa shape index (κ3) is 5.18. The number of aromatic hydroxyl groups is 2. The number of phenols is 2. The number of amides is 2. The Morgan fingerprint density at radius 1 is 0.971 bits per heavy atom. The van der Waals surface area contributed by atoms with Crippen molar-refractivity contribution in [2.24, 2.45) is 0 Å². The van der Waals surface area contributed by atoms with Crippen LogP contribution in [0.25, 0.3) is 22.3 Å². The molecule has 4 rings (SSSR count). The molecule has 182 valence electrons. The highest BCUT2D eigenvalue weighted by molar-refractivity contribution is 6.06. The Kier molecular flexibility index (Phi) is 6.10. The van der Waals surface area contributed by atoms with Crippen LogP contribution in [0.15, 0.2) is 41.2 Å². The summed E-state index contributed by atoms with van der Waals surface area (Å²) in [7, 11) is 0. The number of carbonyl (C=O) groups is 3. The highest BCUT2D eigenvalue weighted by Gasteiger charge is 2.34. The fourth-order valence-corrected chi connectivity index (χ4v) is 4.06. The number of rotatable bonds is 5. The summed E-state index contributed by atoms with van der Waals surface area (Å²) in [4.78, 5) is 51.4. The average Bonchev–Trinajstić information content (AvgIpc) is 3.41. The van der Waals surface area contributed by atoms with E-state index in [0.29, 0.717) is 33.5 Å². The number of nitrogens with one attached hydrogen (secondary N) is 1. The maximum absolute atomic E-state index is 13.3. The van der Waals surface area contributed by atoms with E-state index < -0.39 is 23.4 Å². The molecule has 0 unspecified atom stereocenters. The maximum Gasteiger partial charge on any atom is 0.325 e. The fraction of sp³-hybridized carbons (Fsp3) is 0.308. The molecule has 35 heavy (non-hydrogen) atoms. The highest BCUT2D eigenvalue weighted by atomic mass is 16.6. The lowest BCUT2D eigenvalue weighted by Crippen LogP contribution is -2.36. The molecule has 1 aliphatic heterocycles. The second kappa shape index (κ2) is 8.90. The van der Waals surface area contributed by atoms with Gasteiger partial charge in [-0.1, -0.05) is 6.07 Å². The zero-order valence-electron chi connectivity index (χ0n) is 19.7. The minimum absolute atomic E-state index is 0.00961. The van der Waals surface area contributed by atoms with Crippen LogP contribution in [0.5, 0.6) is 11.5 Å². The molecule has 0 radical (unpaired) electrons. The molecular formula is C26H26N2O7. The van der Waals surface area contributed by atoms with E-state index in [2.05, 4.69) is 5.32 Å². The number of benzene rings is 2. The Hall–Kier alpha value is -4.14. The Morgan fingerprint density at radius 3 is 2.29 bits per heavy atom. The van der Waals surface area contributed by atoms with E-state index in [-0.39, 0.29) is 42.9 Å². The Bertz CT molecular complexity index is 1340. The van der Waals surface area contributed by atoms with Gasteiger partial charge in [0, 0.05) is 35.6 Å². The van der Waals surface area contributed by atoms with Crippen molar-refractivity contribution in [1.82, 2.24) is 5.32 Å². The number of hydrogen-bond donors (Lipinski definition) is 3. The fourth-order valence-electron chi connectivity index (χ4n) is 4.06. The molecule has 0 bridgehead atoms. The van der Waals surface area contributed by atoms with Crippen molar-refractivity contribution in [1.29, 1.82) is 0 Å². The lowest BCUT2D eigenvalue weighted by atomic mass is 9.98. The van der Waals surface area contributed by atoms with Crippen LogP contribution in [0.3, 0.4) is 0 Å². The largest absolute Gasteiger partial charge is 0.508 e. The number of esters is 1. The first kappa shape index (κ1) is 24.0. The molecule has 0 aliphatic carbocycles. The summed E-state index contributed by atoms with van der Waals surface area (Å²) in [6.45, 7) is 4.88. The smallest absolute Gasteiger partial charge is 0.325 e. The van der Waals surface area contributed by atoms with Gasteiger partial charge in [0.25, 0.3) is 0 Å². The summed E-state index contributed by atoms with van der Waals surface area (Å²) in [5, 5.41) is 22.5. The molecule has 0 saturated carbocycles. The van der Waals surface area contributed by atoms with Gasteiger partial charge < -0.3 is 25.2 Å². The van der Waals surface area contributed by atoms with E-state index in [9.17, 15) is 29.4 Å². The standard InChI is InChI=1S/C26H26N2O7/c1-26(2,3)35-22(33)12-27-20(31)8-9-21(32)28-13-14-10-15(29)4-6-17(14)23-24(25(23)34)18-7-5-16(30)11-19(18)28/h4-7,10-11,29-30H,8-9,12-13H2,1-3H3,(H,27,31). The van der Waals surface area contributed by atoms with Gasteiger partial charge in [-0.3, -0.25) is 19.2 Å². The minimum atomic E-state index is -0.675. The molecule has 0 fully saturated rings. The summed E-state index contributed by atoms with van der Waals surface area (Å²) in [6, 6.07) is 9.05. The van der Waals surface area contributed by atoms with Gasteiger partial charge in [-0.25, -0.2) is 0 Å². The zero-order valence-corrected chi connectivity index (χ0v) is 19.7. The van der Waals surface area contributed by atoms with Gasteiger partial charge in [0.05, 0.1) is 12.2 Å².